The van der Waals surface area contributed by atoms with Crippen LogP contribution < -0.4 is 10.1 Å². The molecule has 11 heteroatoms. The van der Waals surface area contributed by atoms with Crippen LogP contribution in [0.2, 0.25) is 0 Å². The zero-order chi connectivity index (χ0) is 30.0. The number of ether oxygens (including phenoxy) is 3. The van der Waals surface area contributed by atoms with Gasteiger partial charge in [0.05, 0.1) is 43.4 Å². The molecule has 3 unspecified atom stereocenters. The number of rotatable bonds is 14. The van der Waals surface area contributed by atoms with Crippen LogP contribution in [0, 0.1) is 16.7 Å². The highest BCUT2D eigenvalue weighted by Crippen LogP contribution is 2.43. The number of aliphatic hydroxyl groups excluding tert-OH is 1. The first-order valence-electron chi connectivity index (χ1n) is 14.5. The van der Waals surface area contributed by atoms with Crippen molar-refractivity contribution in [3.63, 3.8) is 0 Å². The van der Waals surface area contributed by atoms with E-state index in [0.29, 0.717) is 38.2 Å². The number of aliphatic hydroxyl groups is 1. The first kappa shape index (κ1) is 31.8. The second kappa shape index (κ2) is 14.8. The summed E-state index contributed by atoms with van der Waals surface area (Å²) in [7, 11) is -2.54. The molecule has 1 aliphatic heterocycles. The molecule has 3 atom stereocenters. The third-order valence-electron chi connectivity index (χ3n) is 8.26. The standard InChI is InChI=1S/C31H41N3O7S/c1-39-25-10-12-27(13-11-25)42(37,38)34(23-31(17-7-18-32)15-5-6-16-31)21-29(35)28(20-24-8-3-2-4-9-24)33-30(36)41-26-14-19-40-22-26/h2-4,8-13,26,28-29,35H,5-7,14-17,19-23H2,1H3,(H,33,36). The van der Waals surface area contributed by atoms with Crippen molar-refractivity contribution in [2.75, 3.05) is 33.4 Å². The van der Waals surface area contributed by atoms with Crippen molar-refractivity contribution in [3.05, 3.63) is 60.2 Å². The van der Waals surface area contributed by atoms with Crippen LogP contribution in [0.3, 0.4) is 0 Å². The Balaban J connectivity index is 1.61. The zero-order valence-electron chi connectivity index (χ0n) is 24.1. The molecule has 1 aliphatic carbocycles. The molecule has 10 nitrogen and oxygen atoms in total. The predicted octanol–water partition coefficient (Wildman–Crippen LogP) is 4.04. The van der Waals surface area contributed by atoms with Gasteiger partial charge in [0, 0.05) is 25.9 Å². The second-order valence-corrected chi connectivity index (χ2v) is 13.2. The van der Waals surface area contributed by atoms with E-state index < -0.39 is 28.3 Å². The lowest BCUT2D eigenvalue weighted by atomic mass is 9.81. The second-order valence-electron chi connectivity index (χ2n) is 11.2. The lowest BCUT2D eigenvalue weighted by molar-refractivity contribution is 0.0614. The summed E-state index contributed by atoms with van der Waals surface area (Å²) < 4.78 is 45.5. The molecule has 1 saturated heterocycles. The van der Waals surface area contributed by atoms with Gasteiger partial charge in [0.1, 0.15) is 11.9 Å². The molecule has 228 valence electrons. The molecule has 2 aromatic rings. The SMILES string of the molecule is COc1ccc(S(=O)(=O)N(CC(O)C(Cc2ccccc2)NC(=O)OC2CCOC2)CC2(CCC#N)CCCC2)cc1. The third kappa shape index (κ3) is 8.44. The first-order chi connectivity index (χ1) is 20.2. The van der Waals surface area contributed by atoms with Gasteiger partial charge in [-0.1, -0.05) is 43.2 Å². The molecule has 0 radical (unpaired) electrons. The van der Waals surface area contributed by atoms with Crippen molar-refractivity contribution < 1.29 is 32.5 Å². The van der Waals surface area contributed by atoms with E-state index in [1.54, 1.807) is 12.1 Å². The number of benzene rings is 2. The average Bonchev–Trinajstić information content (AvgIpc) is 3.68. The molecule has 4 rings (SSSR count). The van der Waals surface area contributed by atoms with Gasteiger partial charge < -0.3 is 24.6 Å². The highest BCUT2D eigenvalue weighted by atomic mass is 32.2. The summed E-state index contributed by atoms with van der Waals surface area (Å²) in [6.07, 6.45) is 3.00. The van der Waals surface area contributed by atoms with E-state index in [9.17, 15) is 23.6 Å². The molecule has 2 fully saturated rings. The van der Waals surface area contributed by atoms with Gasteiger partial charge in [0.15, 0.2) is 0 Å². The fourth-order valence-corrected chi connectivity index (χ4v) is 7.45. The minimum atomic E-state index is -4.05. The van der Waals surface area contributed by atoms with Crippen LogP contribution in [0.25, 0.3) is 0 Å². The Morgan fingerprint density at radius 2 is 1.90 bits per heavy atom. The van der Waals surface area contributed by atoms with E-state index in [-0.39, 0.29) is 35.9 Å². The Hall–Kier alpha value is -3.17. The maximum absolute atomic E-state index is 14.1. The number of methoxy groups -OCH3 is 1. The van der Waals surface area contributed by atoms with Crippen molar-refractivity contribution >= 4 is 16.1 Å². The van der Waals surface area contributed by atoms with E-state index in [2.05, 4.69) is 11.4 Å². The molecule has 42 heavy (non-hydrogen) atoms. The average molecular weight is 600 g/mol. The molecule has 0 spiro atoms. The summed E-state index contributed by atoms with van der Waals surface area (Å²) in [6.45, 7) is 0.757. The number of hydrogen-bond acceptors (Lipinski definition) is 8. The summed E-state index contributed by atoms with van der Waals surface area (Å²) >= 11 is 0. The maximum Gasteiger partial charge on any atom is 0.407 e. The fraction of sp³-hybridized carbons (Fsp3) is 0.548. The lowest BCUT2D eigenvalue weighted by Gasteiger charge is -2.36. The van der Waals surface area contributed by atoms with Crippen molar-refractivity contribution in [1.82, 2.24) is 9.62 Å². The number of nitrogens with zero attached hydrogens (tertiary/aromatic N) is 2. The van der Waals surface area contributed by atoms with E-state index in [1.807, 2.05) is 30.3 Å². The highest BCUT2D eigenvalue weighted by molar-refractivity contribution is 7.89. The van der Waals surface area contributed by atoms with Crippen molar-refractivity contribution in [2.45, 2.75) is 74.5 Å². The number of nitrogens with one attached hydrogen (secondary N) is 1. The summed E-state index contributed by atoms with van der Waals surface area (Å²) in [5, 5.41) is 23.7. The molecule has 0 aromatic heterocycles. The number of carbonyl (C=O) groups is 1. The van der Waals surface area contributed by atoms with Gasteiger partial charge in [-0.15, -0.1) is 0 Å². The number of amides is 1. The van der Waals surface area contributed by atoms with Crippen LogP contribution in [0.1, 0.15) is 50.5 Å². The van der Waals surface area contributed by atoms with Crippen LogP contribution in [0.5, 0.6) is 5.75 Å². The largest absolute Gasteiger partial charge is 0.497 e. The normalized spacial score (nSPS) is 19.6. The molecule has 2 N–H and O–H groups in total. The van der Waals surface area contributed by atoms with Gasteiger partial charge in [0.2, 0.25) is 10.0 Å². The Morgan fingerprint density at radius 3 is 2.52 bits per heavy atom. The molecule has 1 heterocycles. The smallest absolute Gasteiger partial charge is 0.407 e. The summed E-state index contributed by atoms with van der Waals surface area (Å²) in [5.41, 5.74) is 0.510. The summed E-state index contributed by atoms with van der Waals surface area (Å²) in [6, 6.07) is 16.9. The number of nitriles is 1. The minimum Gasteiger partial charge on any atom is -0.497 e. The van der Waals surface area contributed by atoms with Gasteiger partial charge in [-0.3, -0.25) is 0 Å². The Morgan fingerprint density at radius 1 is 1.19 bits per heavy atom. The fourth-order valence-electron chi connectivity index (χ4n) is 5.88. The van der Waals surface area contributed by atoms with Gasteiger partial charge in [0.25, 0.3) is 0 Å². The molecule has 2 aliphatic rings. The monoisotopic (exact) mass is 599 g/mol. The first-order valence-corrected chi connectivity index (χ1v) is 16.0. The number of carbonyl (C=O) groups excluding carboxylic acids is 1. The zero-order valence-corrected chi connectivity index (χ0v) is 24.9. The van der Waals surface area contributed by atoms with Crippen LogP contribution in [0.4, 0.5) is 4.79 Å². The number of sulfonamides is 1. The van der Waals surface area contributed by atoms with Crippen LogP contribution in [-0.2, 0) is 25.9 Å². The molecular weight excluding hydrogens is 558 g/mol. The van der Waals surface area contributed by atoms with Gasteiger partial charge in [-0.25, -0.2) is 13.2 Å². The predicted molar refractivity (Wildman–Crippen MR) is 156 cm³/mol. The molecule has 1 amide bonds. The Kier molecular flexibility index (Phi) is 11.2. The summed E-state index contributed by atoms with van der Waals surface area (Å²) in [5.74, 6) is 0.528. The van der Waals surface area contributed by atoms with Gasteiger partial charge >= 0.3 is 6.09 Å². The minimum absolute atomic E-state index is 0.0807. The molecular formula is C31H41N3O7S. The van der Waals surface area contributed by atoms with Crippen LogP contribution in [0.15, 0.2) is 59.5 Å². The van der Waals surface area contributed by atoms with E-state index in [4.69, 9.17) is 14.2 Å². The van der Waals surface area contributed by atoms with Crippen molar-refractivity contribution in [3.8, 4) is 11.8 Å². The number of alkyl carbamates (subject to hydrolysis) is 1. The Labute approximate surface area is 248 Å². The maximum atomic E-state index is 14.1. The molecule has 0 bridgehead atoms. The molecule has 2 aromatic carbocycles. The van der Waals surface area contributed by atoms with E-state index >= 15 is 0 Å². The van der Waals surface area contributed by atoms with Crippen LogP contribution in [-0.4, -0.2) is 75.6 Å². The van der Waals surface area contributed by atoms with Crippen molar-refractivity contribution in [1.29, 1.82) is 5.26 Å². The third-order valence-corrected chi connectivity index (χ3v) is 10.1. The van der Waals surface area contributed by atoms with Gasteiger partial charge in [-0.2, -0.15) is 9.57 Å². The van der Waals surface area contributed by atoms with Gasteiger partial charge in [-0.05, 0) is 60.9 Å². The van der Waals surface area contributed by atoms with Crippen molar-refractivity contribution in [2.24, 2.45) is 5.41 Å². The molecule has 1 saturated carbocycles. The summed E-state index contributed by atoms with van der Waals surface area (Å²) in [4.78, 5) is 12.9. The Bertz CT molecular complexity index is 1290. The topological polar surface area (TPSA) is 138 Å². The van der Waals surface area contributed by atoms with E-state index in [0.717, 1.165) is 31.2 Å². The highest BCUT2D eigenvalue weighted by Gasteiger charge is 2.40. The quantitative estimate of drug-likeness (QED) is 0.332. The van der Waals surface area contributed by atoms with Crippen LogP contribution >= 0.6 is 0 Å². The number of hydrogen-bond donors (Lipinski definition) is 2. The van der Waals surface area contributed by atoms with E-state index in [1.165, 1.54) is 23.5 Å². The lowest BCUT2D eigenvalue weighted by Crippen LogP contribution is -2.52.